The van der Waals surface area contributed by atoms with Gasteiger partial charge in [-0.05, 0) is 36.9 Å². The van der Waals surface area contributed by atoms with Crippen LogP contribution >= 0.6 is 11.3 Å². The molecule has 1 aromatic heterocycles. The molecule has 1 aromatic rings. The highest BCUT2D eigenvalue weighted by Crippen LogP contribution is 2.23. The Morgan fingerprint density at radius 3 is 3.16 bits per heavy atom. The van der Waals surface area contributed by atoms with Crippen LogP contribution in [0.3, 0.4) is 0 Å². The molecule has 1 saturated heterocycles. The number of rotatable bonds is 4. The minimum atomic E-state index is -0.912. The maximum absolute atomic E-state index is 10.6. The Morgan fingerprint density at radius 1 is 1.63 bits per heavy atom. The summed E-state index contributed by atoms with van der Waals surface area (Å²) in [6.45, 7) is 6.77. The van der Waals surface area contributed by atoms with Gasteiger partial charge in [0.05, 0.1) is 12.7 Å². The summed E-state index contributed by atoms with van der Waals surface area (Å²) in [4.78, 5) is 14.2. The predicted octanol–water partition coefficient (Wildman–Crippen LogP) is 2.46. The summed E-state index contributed by atoms with van der Waals surface area (Å²) in [7, 11) is 0. The Labute approximate surface area is 117 Å². The summed E-state index contributed by atoms with van der Waals surface area (Å²) in [6.07, 6.45) is 3.12. The van der Waals surface area contributed by atoms with Gasteiger partial charge in [0, 0.05) is 30.1 Å². The number of nitrogens with zero attached hydrogens (tertiary/aromatic N) is 1. The molecule has 104 valence electrons. The average Bonchev–Trinajstić information content (AvgIpc) is 2.79. The maximum atomic E-state index is 10.6. The van der Waals surface area contributed by atoms with E-state index in [0.29, 0.717) is 6.04 Å². The number of morpholine rings is 1. The third-order valence-corrected chi connectivity index (χ3v) is 4.19. The lowest BCUT2D eigenvalue weighted by Crippen LogP contribution is -2.46. The molecule has 0 spiro atoms. The molecule has 5 heteroatoms. The number of hydrogen-bond acceptors (Lipinski definition) is 4. The first-order valence-corrected chi connectivity index (χ1v) is 7.27. The van der Waals surface area contributed by atoms with E-state index >= 15 is 0 Å². The summed E-state index contributed by atoms with van der Waals surface area (Å²) in [5.74, 6) is -0.912. The molecular weight excluding hydrogens is 262 g/mol. The van der Waals surface area contributed by atoms with Crippen molar-refractivity contribution in [2.45, 2.75) is 32.5 Å². The Morgan fingerprint density at radius 2 is 2.42 bits per heavy atom. The normalized spacial score (nSPS) is 24.9. The highest BCUT2D eigenvalue weighted by Gasteiger charge is 2.24. The van der Waals surface area contributed by atoms with Gasteiger partial charge in [0.15, 0.2) is 0 Å². The highest BCUT2D eigenvalue weighted by atomic mass is 32.1. The number of thiophene rings is 1. The van der Waals surface area contributed by atoms with Crippen molar-refractivity contribution in [1.29, 1.82) is 0 Å². The van der Waals surface area contributed by atoms with E-state index in [2.05, 4.69) is 18.7 Å². The topological polar surface area (TPSA) is 49.8 Å². The molecule has 2 atom stereocenters. The Hall–Kier alpha value is -1.17. The van der Waals surface area contributed by atoms with Crippen LogP contribution in [0.5, 0.6) is 0 Å². The van der Waals surface area contributed by atoms with Crippen molar-refractivity contribution < 1.29 is 14.6 Å². The summed E-state index contributed by atoms with van der Waals surface area (Å²) in [5, 5.41) is 10.7. The predicted molar refractivity (Wildman–Crippen MR) is 76.3 cm³/mol. The number of carbonyl (C=O) groups is 1. The molecule has 2 heterocycles. The standard InChI is InChI=1S/C14H19NO3S/c1-10-9-18-11(2)7-15(10)8-13-12(5-6-19-13)3-4-14(16)17/h3-6,10-11H,7-9H2,1-2H3,(H,16,17). The van der Waals surface area contributed by atoms with Crippen LogP contribution in [-0.4, -0.2) is 41.3 Å². The van der Waals surface area contributed by atoms with Gasteiger partial charge in [-0.25, -0.2) is 4.79 Å². The second-order valence-corrected chi connectivity index (χ2v) is 5.89. The van der Waals surface area contributed by atoms with Gasteiger partial charge < -0.3 is 9.84 Å². The minimum absolute atomic E-state index is 0.258. The van der Waals surface area contributed by atoms with E-state index in [1.54, 1.807) is 17.4 Å². The fourth-order valence-corrected chi connectivity index (χ4v) is 3.06. The van der Waals surface area contributed by atoms with E-state index in [1.807, 2.05) is 11.4 Å². The zero-order valence-corrected chi connectivity index (χ0v) is 12.0. The van der Waals surface area contributed by atoms with Gasteiger partial charge in [0.25, 0.3) is 0 Å². The number of aliphatic carboxylic acids is 1. The van der Waals surface area contributed by atoms with Crippen LogP contribution in [-0.2, 0) is 16.1 Å². The van der Waals surface area contributed by atoms with Crippen molar-refractivity contribution in [3.05, 3.63) is 28.0 Å². The average molecular weight is 281 g/mol. The van der Waals surface area contributed by atoms with Crippen LogP contribution in [0.25, 0.3) is 6.08 Å². The third-order valence-electron chi connectivity index (χ3n) is 3.27. The minimum Gasteiger partial charge on any atom is -0.478 e. The van der Waals surface area contributed by atoms with Crippen LogP contribution in [0.4, 0.5) is 0 Å². The van der Waals surface area contributed by atoms with Gasteiger partial charge in [-0.3, -0.25) is 4.90 Å². The fraction of sp³-hybridized carbons (Fsp3) is 0.500. The largest absolute Gasteiger partial charge is 0.478 e. The lowest BCUT2D eigenvalue weighted by molar-refractivity contribution is -0.131. The summed E-state index contributed by atoms with van der Waals surface area (Å²) < 4.78 is 5.62. The van der Waals surface area contributed by atoms with Gasteiger partial charge in [0.2, 0.25) is 0 Å². The molecular formula is C14H19NO3S. The number of hydrogen-bond donors (Lipinski definition) is 1. The molecule has 2 unspecified atom stereocenters. The molecule has 0 bridgehead atoms. The second kappa shape index (κ2) is 6.32. The van der Waals surface area contributed by atoms with Gasteiger partial charge in [-0.15, -0.1) is 11.3 Å². The van der Waals surface area contributed by atoms with Crippen molar-refractivity contribution in [2.75, 3.05) is 13.2 Å². The highest BCUT2D eigenvalue weighted by molar-refractivity contribution is 7.10. The smallest absolute Gasteiger partial charge is 0.328 e. The zero-order chi connectivity index (χ0) is 13.8. The first-order chi connectivity index (χ1) is 9.06. The number of ether oxygens (including phenoxy) is 1. The van der Waals surface area contributed by atoms with E-state index < -0.39 is 5.97 Å². The molecule has 19 heavy (non-hydrogen) atoms. The molecule has 0 radical (unpaired) electrons. The van der Waals surface area contributed by atoms with Crippen molar-refractivity contribution in [1.82, 2.24) is 4.90 Å². The Bertz CT molecular complexity index is 469. The van der Waals surface area contributed by atoms with Gasteiger partial charge in [-0.1, -0.05) is 0 Å². The molecule has 1 fully saturated rings. The van der Waals surface area contributed by atoms with E-state index in [1.165, 1.54) is 11.0 Å². The Kier molecular flexibility index (Phi) is 4.74. The SMILES string of the molecule is CC1CN(Cc2sccc2C=CC(=O)O)C(C)CO1. The molecule has 4 nitrogen and oxygen atoms in total. The van der Waals surface area contributed by atoms with E-state index in [4.69, 9.17) is 9.84 Å². The second-order valence-electron chi connectivity index (χ2n) is 4.89. The molecule has 1 aliphatic rings. The van der Waals surface area contributed by atoms with E-state index in [9.17, 15) is 4.79 Å². The maximum Gasteiger partial charge on any atom is 0.328 e. The quantitative estimate of drug-likeness (QED) is 0.861. The monoisotopic (exact) mass is 281 g/mol. The van der Waals surface area contributed by atoms with Crippen LogP contribution in [0.1, 0.15) is 24.3 Å². The summed E-state index contributed by atoms with van der Waals surface area (Å²) >= 11 is 1.67. The first-order valence-electron chi connectivity index (χ1n) is 6.39. The molecule has 0 amide bonds. The van der Waals surface area contributed by atoms with Gasteiger partial charge in [-0.2, -0.15) is 0 Å². The fourth-order valence-electron chi connectivity index (χ4n) is 2.17. The van der Waals surface area contributed by atoms with Crippen LogP contribution in [0.15, 0.2) is 17.5 Å². The van der Waals surface area contributed by atoms with E-state index in [0.717, 1.165) is 25.3 Å². The van der Waals surface area contributed by atoms with Gasteiger partial charge in [0.1, 0.15) is 0 Å². The zero-order valence-electron chi connectivity index (χ0n) is 11.2. The molecule has 1 N–H and O–H groups in total. The molecule has 1 aliphatic heterocycles. The van der Waals surface area contributed by atoms with Crippen LogP contribution in [0.2, 0.25) is 0 Å². The lowest BCUT2D eigenvalue weighted by atomic mass is 10.1. The van der Waals surface area contributed by atoms with Gasteiger partial charge >= 0.3 is 5.97 Å². The Balaban J connectivity index is 2.06. The summed E-state index contributed by atoms with van der Waals surface area (Å²) in [5.41, 5.74) is 0.999. The molecule has 2 rings (SSSR count). The van der Waals surface area contributed by atoms with Crippen molar-refractivity contribution in [2.24, 2.45) is 0 Å². The van der Waals surface area contributed by atoms with Crippen molar-refractivity contribution in [3.8, 4) is 0 Å². The van der Waals surface area contributed by atoms with Crippen LogP contribution < -0.4 is 0 Å². The molecule has 0 saturated carbocycles. The van der Waals surface area contributed by atoms with Crippen molar-refractivity contribution in [3.63, 3.8) is 0 Å². The summed E-state index contributed by atoms with van der Waals surface area (Å²) in [6, 6.07) is 2.36. The lowest BCUT2D eigenvalue weighted by Gasteiger charge is -2.36. The molecule has 0 aliphatic carbocycles. The first kappa shape index (κ1) is 14.2. The molecule has 0 aromatic carbocycles. The third kappa shape index (κ3) is 3.89. The van der Waals surface area contributed by atoms with Crippen LogP contribution in [0, 0.1) is 0 Å². The number of carboxylic acids is 1. The van der Waals surface area contributed by atoms with E-state index in [-0.39, 0.29) is 6.10 Å². The van der Waals surface area contributed by atoms with Crippen molar-refractivity contribution >= 4 is 23.4 Å². The number of carboxylic acid groups (broad SMARTS) is 1.